The van der Waals surface area contributed by atoms with Crippen LogP contribution in [0.3, 0.4) is 0 Å². The predicted octanol–water partition coefficient (Wildman–Crippen LogP) is 3.60. The Kier molecular flexibility index (Phi) is 5.58. The molecule has 0 spiro atoms. The van der Waals surface area contributed by atoms with E-state index in [1.165, 1.54) is 0 Å². The van der Waals surface area contributed by atoms with Crippen LogP contribution in [0.15, 0.2) is 48.5 Å². The summed E-state index contributed by atoms with van der Waals surface area (Å²) in [6, 6.07) is 16.1. The van der Waals surface area contributed by atoms with Crippen molar-refractivity contribution in [1.29, 1.82) is 0 Å². The van der Waals surface area contributed by atoms with Gasteiger partial charge in [-0.1, -0.05) is 24.3 Å². The lowest BCUT2D eigenvalue weighted by Crippen LogP contribution is -2.43. The zero-order valence-electron chi connectivity index (χ0n) is 16.1. The van der Waals surface area contributed by atoms with Crippen LogP contribution < -0.4 is 15.0 Å². The van der Waals surface area contributed by atoms with Gasteiger partial charge < -0.3 is 20.1 Å². The van der Waals surface area contributed by atoms with Crippen molar-refractivity contribution in [2.45, 2.75) is 31.8 Å². The van der Waals surface area contributed by atoms with Crippen LogP contribution in [0, 0.1) is 0 Å². The molecule has 2 heterocycles. The third-order valence-corrected chi connectivity index (χ3v) is 5.31. The SMILES string of the molecule is COc1ccc(CNc2nc(N3CCCC[C@H]3CO)nc3ccccc23)cc1. The number of ether oxygens (including phenoxy) is 1. The summed E-state index contributed by atoms with van der Waals surface area (Å²) in [6.45, 7) is 1.67. The molecule has 2 aromatic carbocycles. The molecular formula is C22H26N4O2. The Morgan fingerprint density at radius 1 is 1.11 bits per heavy atom. The van der Waals surface area contributed by atoms with Crippen molar-refractivity contribution < 1.29 is 9.84 Å². The Balaban J connectivity index is 1.64. The number of benzene rings is 2. The van der Waals surface area contributed by atoms with Crippen LogP contribution in [0.4, 0.5) is 11.8 Å². The minimum Gasteiger partial charge on any atom is -0.497 e. The number of hydrogen-bond acceptors (Lipinski definition) is 6. The second-order valence-electron chi connectivity index (χ2n) is 7.12. The summed E-state index contributed by atoms with van der Waals surface area (Å²) in [5.74, 6) is 2.35. The van der Waals surface area contributed by atoms with E-state index < -0.39 is 0 Å². The van der Waals surface area contributed by atoms with Gasteiger partial charge in [0.15, 0.2) is 0 Å². The highest BCUT2D eigenvalue weighted by Crippen LogP contribution is 2.27. The summed E-state index contributed by atoms with van der Waals surface area (Å²) in [4.78, 5) is 11.8. The molecule has 1 aliphatic rings. The summed E-state index contributed by atoms with van der Waals surface area (Å²) in [5.41, 5.74) is 2.06. The van der Waals surface area contributed by atoms with E-state index in [9.17, 15) is 5.11 Å². The number of methoxy groups -OCH3 is 1. The minimum absolute atomic E-state index is 0.0874. The lowest BCUT2D eigenvalue weighted by molar-refractivity contribution is 0.239. The lowest BCUT2D eigenvalue weighted by Gasteiger charge is -2.34. The van der Waals surface area contributed by atoms with Gasteiger partial charge in [0.1, 0.15) is 11.6 Å². The maximum absolute atomic E-state index is 9.78. The molecule has 1 fully saturated rings. The van der Waals surface area contributed by atoms with E-state index in [2.05, 4.69) is 10.2 Å². The molecule has 6 heteroatoms. The molecule has 1 saturated heterocycles. The molecule has 3 aromatic rings. The summed E-state index contributed by atoms with van der Waals surface area (Å²) >= 11 is 0. The van der Waals surface area contributed by atoms with Crippen molar-refractivity contribution in [3.8, 4) is 5.75 Å². The lowest BCUT2D eigenvalue weighted by atomic mass is 10.0. The van der Waals surface area contributed by atoms with Gasteiger partial charge in [0.25, 0.3) is 0 Å². The average molecular weight is 378 g/mol. The number of aromatic nitrogens is 2. The number of nitrogens with one attached hydrogen (secondary N) is 1. The first-order valence-corrected chi connectivity index (χ1v) is 9.79. The number of anilines is 2. The fourth-order valence-corrected chi connectivity index (χ4v) is 3.71. The van der Waals surface area contributed by atoms with Gasteiger partial charge in [0.2, 0.25) is 5.95 Å². The Bertz CT molecular complexity index is 929. The fourth-order valence-electron chi connectivity index (χ4n) is 3.71. The average Bonchev–Trinajstić information content (AvgIpc) is 2.77. The molecule has 1 aliphatic heterocycles. The molecule has 0 amide bonds. The molecule has 0 saturated carbocycles. The Morgan fingerprint density at radius 2 is 1.93 bits per heavy atom. The predicted molar refractivity (Wildman–Crippen MR) is 112 cm³/mol. The highest BCUT2D eigenvalue weighted by molar-refractivity contribution is 5.90. The number of aliphatic hydroxyl groups excluding tert-OH is 1. The second-order valence-corrected chi connectivity index (χ2v) is 7.12. The number of rotatable bonds is 6. The molecule has 0 bridgehead atoms. The fraction of sp³-hybridized carbons (Fsp3) is 0.364. The molecule has 0 aliphatic carbocycles. The van der Waals surface area contributed by atoms with Gasteiger partial charge in [0.05, 0.1) is 25.3 Å². The van der Waals surface area contributed by atoms with Gasteiger partial charge in [-0.3, -0.25) is 0 Å². The van der Waals surface area contributed by atoms with Gasteiger partial charge in [-0.25, -0.2) is 4.98 Å². The van der Waals surface area contributed by atoms with Gasteiger partial charge in [0, 0.05) is 18.5 Å². The number of aliphatic hydroxyl groups is 1. The minimum atomic E-state index is 0.0874. The maximum atomic E-state index is 9.78. The van der Waals surface area contributed by atoms with Crippen LogP contribution in [0.1, 0.15) is 24.8 Å². The van der Waals surface area contributed by atoms with Gasteiger partial charge in [-0.2, -0.15) is 4.98 Å². The molecule has 2 N–H and O–H groups in total. The van der Waals surface area contributed by atoms with E-state index in [-0.39, 0.29) is 12.6 Å². The molecule has 1 atom stereocenters. The third-order valence-electron chi connectivity index (χ3n) is 5.31. The monoisotopic (exact) mass is 378 g/mol. The smallest absolute Gasteiger partial charge is 0.228 e. The van der Waals surface area contributed by atoms with E-state index in [1.807, 2.05) is 48.5 Å². The van der Waals surface area contributed by atoms with Crippen LogP contribution in [0.2, 0.25) is 0 Å². The Labute approximate surface area is 165 Å². The van der Waals surface area contributed by atoms with Crippen molar-refractivity contribution in [2.75, 3.05) is 30.5 Å². The van der Waals surface area contributed by atoms with Crippen LogP contribution in [-0.2, 0) is 6.54 Å². The molecule has 4 rings (SSSR count). The van der Waals surface area contributed by atoms with Crippen LogP contribution in [0.5, 0.6) is 5.75 Å². The highest BCUT2D eigenvalue weighted by atomic mass is 16.5. The zero-order chi connectivity index (χ0) is 19.3. The topological polar surface area (TPSA) is 70.5 Å². The molecule has 6 nitrogen and oxygen atoms in total. The first-order chi connectivity index (χ1) is 13.8. The number of hydrogen-bond donors (Lipinski definition) is 2. The molecule has 1 aromatic heterocycles. The van der Waals surface area contributed by atoms with E-state index in [1.54, 1.807) is 7.11 Å². The standard InChI is InChI=1S/C22H26N4O2/c1-28-18-11-9-16(10-12-18)14-23-21-19-7-2-3-8-20(19)24-22(25-21)26-13-5-4-6-17(26)15-27/h2-3,7-12,17,27H,4-6,13-15H2,1H3,(H,23,24,25)/t17-/m0/s1. The van der Waals surface area contributed by atoms with E-state index in [4.69, 9.17) is 14.7 Å². The van der Waals surface area contributed by atoms with Gasteiger partial charge in [-0.15, -0.1) is 0 Å². The Hall–Kier alpha value is -2.86. The van der Waals surface area contributed by atoms with E-state index in [0.29, 0.717) is 12.5 Å². The zero-order valence-corrected chi connectivity index (χ0v) is 16.1. The molecule has 0 unspecified atom stereocenters. The molecule has 28 heavy (non-hydrogen) atoms. The van der Waals surface area contributed by atoms with Gasteiger partial charge >= 0.3 is 0 Å². The van der Waals surface area contributed by atoms with Crippen molar-refractivity contribution in [3.05, 3.63) is 54.1 Å². The van der Waals surface area contributed by atoms with Gasteiger partial charge in [-0.05, 0) is 49.1 Å². The number of piperidine rings is 1. The second kappa shape index (κ2) is 8.44. The summed E-state index contributed by atoms with van der Waals surface area (Å²) in [7, 11) is 1.67. The largest absolute Gasteiger partial charge is 0.497 e. The summed E-state index contributed by atoms with van der Waals surface area (Å²) in [5, 5.41) is 14.2. The van der Waals surface area contributed by atoms with Crippen molar-refractivity contribution >= 4 is 22.7 Å². The third kappa shape index (κ3) is 3.87. The number of para-hydroxylation sites is 1. The number of nitrogens with zero attached hydrogens (tertiary/aromatic N) is 3. The highest BCUT2D eigenvalue weighted by Gasteiger charge is 2.24. The van der Waals surface area contributed by atoms with Crippen LogP contribution in [0.25, 0.3) is 10.9 Å². The van der Waals surface area contributed by atoms with Crippen LogP contribution in [-0.4, -0.2) is 41.4 Å². The summed E-state index contributed by atoms with van der Waals surface area (Å²) < 4.78 is 5.23. The maximum Gasteiger partial charge on any atom is 0.228 e. The van der Waals surface area contributed by atoms with E-state index in [0.717, 1.165) is 53.8 Å². The first-order valence-electron chi connectivity index (χ1n) is 9.79. The van der Waals surface area contributed by atoms with E-state index >= 15 is 0 Å². The summed E-state index contributed by atoms with van der Waals surface area (Å²) in [6.07, 6.45) is 3.21. The molecule has 0 radical (unpaired) electrons. The van der Waals surface area contributed by atoms with Crippen molar-refractivity contribution in [3.63, 3.8) is 0 Å². The quantitative estimate of drug-likeness (QED) is 0.683. The molecular weight excluding hydrogens is 352 g/mol. The van der Waals surface area contributed by atoms with Crippen molar-refractivity contribution in [2.24, 2.45) is 0 Å². The molecule has 146 valence electrons. The Morgan fingerprint density at radius 3 is 2.71 bits per heavy atom. The number of fused-ring (bicyclic) bond motifs is 1. The normalized spacial score (nSPS) is 16.9. The van der Waals surface area contributed by atoms with Crippen molar-refractivity contribution in [1.82, 2.24) is 9.97 Å². The van der Waals surface area contributed by atoms with Crippen LogP contribution >= 0.6 is 0 Å². The first kappa shape index (κ1) is 18.5.